The van der Waals surface area contributed by atoms with Crippen LogP contribution in [-0.4, -0.2) is 36.1 Å². The summed E-state index contributed by atoms with van der Waals surface area (Å²) in [5.41, 5.74) is 2.30. The predicted molar refractivity (Wildman–Crippen MR) is 99.9 cm³/mol. The first-order valence-electron chi connectivity index (χ1n) is 8.23. The fourth-order valence-electron chi connectivity index (χ4n) is 2.42. The van der Waals surface area contributed by atoms with Crippen molar-refractivity contribution < 1.29 is 4.79 Å². The van der Waals surface area contributed by atoms with E-state index in [2.05, 4.69) is 30.8 Å². The van der Waals surface area contributed by atoms with Crippen molar-refractivity contribution in [2.75, 3.05) is 0 Å². The summed E-state index contributed by atoms with van der Waals surface area (Å²) >= 11 is 1.45. The van der Waals surface area contributed by atoms with E-state index in [4.69, 9.17) is 0 Å². The summed E-state index contributed by atoms with van der Waals surface area (Å²) in [6.45, 7) is 0.820. The fourth-order valence-corrected chi connectivity index (χ4v) is 3.21. The zero-order valence-electron chi connectivity index (χ0n) is 14.2. The quantitative estimate of drug-likeness (QED) is 0.553. The van der Waals surface area contributed by atoms with Crippen LogP contribution in [0.4, 0.5) is 0 Å². The number of aromatic nitrogens is 6. The number of carbonyl (C=O) groups is 1. The highest BCUT2D eigenvalue weighted by Gasteiger charge is 2.12. The second-order valence-electron chi connectivity index (χ2n) is 5.71. The minimum Gasteiger partial charge on any atom is -0.344 e. The van der Waals surface area contributed by atoms with E-state index in [1.165, 1.54) is 11.3 Å². The molecule has 8 nitrogen and oxygen atoms in total. The minimum absolute atomic E-state index is 0.261. The number of nitrogens with zero attached hydrogens (tertiary/aromatic N) is 6. The van der Waals surface area contributed by atoms with Gasteiger partial charge in [-0.2, -0.15) is 0 Å². The van der Waals surface area contributed by atoms with Gasteiger partial charge in [-0.25, -0.2) is 4.68 Å². The summed E-state index contributed by atoms with van der Waals surface area (Å²) in [6.07, 6.45) is 5.04. The number of carbonyl (C=O) groups excluding carboxylic acids is 1. The summed E-state index contributed by atoms with van der Waals surface area (Å²) in [4.78, 5) is 16.3. The molecule has 27 heavy (non-hydrogen) atoms. The van der Waals surface area contributed by atoms with Crippen molar-refractivity contribution in [3.63, 3.8) is 0 Å². The molecule has 134 valence electrons. The molecule has 3 heterocycles. The third-order valence-corrected chi connectivity index (χ3v) is 4.73. The average Bonchev–Trinajstić information content (AvgIpc) is 3.37. The van der Waals surface area contributed by atoms with Crippen molar-refractivity contribution in [2.45, 2.75) is 13.1 Å². The Balaban J connectivity index is 1.35. The molecule has 0 aliphatic carbocycles. The van der Waals surface area contributed by atoms with Gasteiger partial charge in [-0.15, -0.1) is 15.3 Å². The Hall–Kier alpha value is -3.46. The first-order chi connectivity index (χ1) is 13.3. The van der Waals surface area contributed by atoms with Crippen LogP contribution in [0.25, 0.3) is 10.6 Å². The van der Waals surface area contributed by atoms with Crippen LogP contribution in [0.5, 0.6) is 0 Å². The number of pyridine rings is 1. The van der Waals surface area contributed by atoms with Gasteiger partial charge in [0, 0.05) is 18.0 Å². The Morgan fingerprint density at radius 2 is 1.85 bits per heavy atom. The van der Waals surface area contributed by atoms with Crippen LogP contribution >= 0.6 is 11.3 Å². The lowest BCUT2D eigenvalue weighted by Gasteiger charge is -2.00. The lowest BCUT2D eigenvalue weighted by Crippen LogP contribution is -2.23. The normalized spacial score (nSPS) is 10.7. The van der Waals surface area contributed by atoms with Gasteiger partial charge in [-0.1, -0.05) is 46.9 Å². The van der Waals surface area contributed by atoms with Crippen LogP contribution in [0.3, 0.4) is 0 Å². The van der Waals surface area contributed by atoms with E-state index in [0.29, 0.717) is 13.1 Å². The van der Waals surface area contributed by atoms with Gasteiger partial charge in [-0.3, -0.25) is 9.78 Å². The highest BCUT2D eigenvalue weighted by Crippen LogP contribution is 2.22. The molecular formula is C18H15N7OS. The highest BCUT2D eigenvalue weighted by atomic mass is 32.1. The van der Waals surface area contributed by atoms with Gasteiger partial charge in [0.05, 0.1) is 19.3 Å². The number of nitrogens with one attached hydrogen (secondary N) is 1. The monoisotopic (exact) mass is 377 g/mol. The lowest BCUT2D eigenvalue weighted by molar-refractivity contribution is 0.0945. The van der Waals surface area contributed by atoms with Gasteiger partial charge in [0.2, 0.25) is 0 Å². The maximum absolute atomic E-state index is 12.3. The standard InChI is InChI=1S/C18H15N7OS/c26-17(15-12-25(24-21-15)11-13-6-8-19-9-7-13)20-10-16-22-23-18(27-16)14-4-2-1-3-5-14/h1-9,12H,10-11H2,(H,20,26). The molecule has 0 saturated carbocycles. The molecule has 1 N–H and O–H groups in total. The van der Waals surface area contributed by atoms with E-state index in [0.717, 1.165) is 21.1 Å². The summed E-state index contributed by atoms with van der Waals surface area (Å²) < 4.78 is 1.61. The molecule has 1 amide bonds. The number of benzene rings is 1. The zero-order chi connectivity index (χ0) is 18.5. The fraction of sp³-hybridized carbons (Fsp3) is 0.111. The summed E-state index contributed by atoms with van der Waals surface area (Å²) in [6, 6.07) is 13.6. The van der Waals surface area contributed by atoms with Crippen LogP contribution < -0.4 is 5.32 Å². The van der Waals surface area contributed by atoms with Crippen molar-refractivity contribution in [1.29, 1.82) is 0 Å². The molecule has 0 atom stereocenters. The van der Waals surface area contributed by atoms with Crippen LogP contribution in [0.15, 0.2) is 61.1 Å². The Kier molecular flexibility index (Phi) is 4.93. The molecule has 0 fully saturated rings. The Labute approximate surface area is 158 Å². The molecule has 1 aromatic carbocycles. The maximum Gasteiger partial charge on any atom is 0.273 e. The second kappa shape index (κ2) is 7.83. The summed E-state index contributed by atoms with van der Waals surface area (Å²) in [5.74, 6) is -0.299. The molecule has 3 aromatic heterocycles. The molecule has 0 aliphatic rings. The van der Waals surface area contributed by atoms with Gasteiger partial charge < -0.3 is 5.32 Å². The van der Waals surface area contributed by atoms with E-state index in [-0.39, 0.29) is 11.6 Å². The smallest absolute Gasteiger partial charge is 0.273 e. The number of rotatable bonds is 6. The molecule has 4 aromatic rings. The SMILES string of the molecule is O=C(NCc1nnc(-c2ccccc2)s1)c1cn(Cc2ccncc2)nn1. The molecule has 0 bridgehead atoms. The van der Waals surface area contributed by atoms with Gasteiger partial charge in [0.25, 0.3) is 5.91 Å². The van der Waals surface area contributed by atoms with Gasteiger partial charge in [-0.05, 0) is 17.7 Å². The van der Waals surface area contributed by atoms with E-state index in [1.54, 1.807) is 23.3 Å². The molecule has 4 rings (SSSR count). The zero-order valence-corrected chi connectivity index (χ0v) is 15.0. The third-order valence-electron chi connectivity index (χ3n) is 3.75. The first kappa shape index (κ1) is 17.0. The van der Waals surface area contributed by atoms with Crippen LogP contribution in [0, 0.1) is 0 Å². The third kappa shape index (κ3) is 4.21. The van der Waals surface area contributed by atoms with Crippen LogP contribution in [-0.2, 0) is 13.1 Å². The topological polar surface area (TPSA) is 98.5 Å². The van der Waals surface area contributed by atoms with E-state index in [1.807, 2.05) is 42.5 Å². The van der Waals surface area contributed by atoms with Gasteiger partial charge >= 0.3 is 0 Å². The average molecular weight is 377 g/mol. The number of hydrogen-bond acceptors (Lipinski definition) is 7. The molecule has 0 aliphatic heterocycles. The van der Waals surface area contributed by atoms with Crippen LogP contribution in [0.2, 0.25) is 0 Å². The maximum atomic E-state index is 12.3. The van der Waals surface area contributed by atoms with E-state index < -0.39 is 0 Å². The lowest BCUT2D eigenvalue weighted by atomic mass is 10.2. The first-order valence-corrected chi connectivity index (χ1v) is 9.04. The van der Waals surface area contributed by atoms with E-state index in [9.17, 15) is 4.79 Å². The largest absolute Gasteiger partial charge is 0.344 e. The van der Waals surface area contributed by atoms with Crippen LogP contribution in [0.1, 0.15) is 21.1 Å². The molecular weight excluding hydrogens is 362 g/mol. The van der Waals surface area contributed by atoms with Crippen molar-refractivity contribution in [3.8, 4) is 10.6 Å². The molecule has 0 saturated heterocycles. The molecule has 0 spiro atoms. The highest BCUT2D eigenvalue weighted by molar-refractivity contribution is 7.14. The summed E-state index contributed by atoms with van der Waals surface area (Å²) in [7, 11) is 0. The Bertz CT molecular complexity index is 1030. The number of hydrogen-bond donors (Lipinski definition) is 1. The van der Waals surface area contributed by atoms with Crippen molar-refractivity contribution in [2.24, 2.45) is 0 Å². The second-order valence-corrected chi connectivity index (χ2v) is 6.77. The Morgan fingerprint density at radius 3 is 2.67 bits per heavy atom. The molecule has 0 radical (unpaired) electrons. The number of amides is 1. The predicted octanol–water partition coefficient (Wildman–Crippen LogP) is 2.17. The van der Waals surface area contributed by atoms with Gasteiger partial charge in [0.15, 0.2) is 5.69 Å². The van der Waals surface area contributed by atoms with Crippen molar-refractivity contribution in [3.05, 3.63) is 77.3 Å². The molecule has 9 heteroatoms. The summed E-state index contributed by atoms with van der Waals surface area (Å²) in [5, 5.41) is 20.6. The van der Waals surface area contributed by atoms with Crippen molar-refractivity contribution in [1.82, 2.24) is 35.5 Å². The van der Waals surface area contributed by atoms with E-state index >= 15 is 0 Å². The Morgan fingerprint density at radius 1 is 1.04 bits per heavy atom. The van der Waals surface area contributed by atoms with Crippen molar-refractivity contribution >= 4 is 17.2 Å². The van der Waals surface area contributed by atoms with Gasteiger partial charge in [0.1, 0.15) is 10.0 Å². The minimum atomic E-state index is -0.299. The molecule has 0 unspecified atom stereocenters.